The van der Waals surface area contributed by atoms with E-state index in [2.05, 4.69) is 0 Å². The number of hydrogen-bond donors (Lipinski definition) is 0. The smallest absolute Gasteiger partial charge is 0.311 e. The third kappa shape index (κ3) is 3.27. The van der Waals surface area contributed by atoms with Crippen molar-refractivity contribution in [1.82, 2.24) is 0 Å². The van der Waals surface area contributed by atoms with Gasteiger partial charge in [-0.1, -0.05) is 13.3 Å². The van der Waals surface area contributed by atoms with E-state index >= 15 is 0 Å². The normalized spacial score (nSPS) is 10.0. The number of rotatable bonds is 6. The van der Waals surface area contributed by atoms with Crippen LogP contribution in [0.1, 0.15) is 36.5 Å². The molecule has 0 radical (unpaired) electrons. The number of carbonyl (C=O) groups is 1. The summed E-state index contributed by atoms with van der Waals surface area (Å²) in [7, 11) is 1.36. The lowest BCUT2D eigenvalue weighted by Gasteiger charge is -2.04. The van der Waals surface area contributed by atoms with Gasteiger partial charge in [-0.05, 0) is 18.6 Å². The quantitative estimate of drug-likeness (QED) is 0.433. The molecule has 0 atom stereocenters. The monoisotopic (exact) mass is 237 g/mol. The zero-order chi connectivity index (χ0) is 12.8. The number of benzene rings is 1. The van der Waals surface area contributed by atoms with Gasteiger partial charge in [-0.3, -0.25) is 14.9 Å². The van der Waals surface area contributed by atoms with E-state index in [1.807, 2.05) is 6.92 Å². The topological polar surface area (TPSA) is 69.4 Å². The minimum Gasteiger partial charge on any atom is -0.490 e. The number of Topliss-reactive ketones (excluding diaryl/α,β-unsaturated/α-hetero) is 1. The fourth-order valence-corrected chi connectivity index (χ4v) is 1.49. The maximum atomic E-state index is 11.7. The first-order valence-electron chi connectivity index (χ1n) is 5.45. The molecule has 17 heavy (non-hydrogen) atoms. The molecule has 0 fully saturated rings. The van der Waals surface area contributed by atoms with Crippen molar-refractivity contribution < 1.29 is 14.5 Å². The molecule has 5 nitrogen and oxygen atoms in total. The number of nitro groups is 1. The Bertz CT molecular complexity index is 429. The van der Waals surface area contributed by atoms with Gasteiger partial charge in [-0.25, -0.2) is 0 Å². The molecule has 0 amide bonds. The maximum absolute atomic E-state index is 11.7. The average Bonchev–Trinajstić information content (AvgIpc) is 2.34. The van der Waals surface area contributed by atoms with Crippen LogP contribution in [0.5, 0.6) is 5.75 Å². The first-order chi connectivity index (χ1) is 8.10. The van der Waals surface area contributed by atoms with Crippen molar-refractivity contribution in [3.05, 3.63) is 33.9 Å². The van der Waals surface area contributed by atoms with Gasteiger partial charge < -0.3 is 4.74 Å². The van der Waals surface area contributed by atoms with Crippen molar-refractivity contribution in [3.63, 3.8) is 0 Å². The van der Waals surface area contributed by atoms with Crippen LogP contribution >= 0.6 is 0 Å². The highest BCUT2D eigenvalue weighted by Gasteiger charge is 2.17. The number of methoxy groups -OCH3 is 1. The Hall–Kier alpha value is -1.91. The predicted molar refractivity (Wildman–Crippen MR) is 63.5 cm³/mol. The zero-order valence-corrected chi connectivity index (χ0v) is 9.93. The summed E-state index contributed by atoms with van der Waals surface area (Å²) in [6.45, 7) is 1.99. The van der Waals surface area contributed by atoms with Crippen LogP contribution in [0.25, 0.3) is 0 Å². The number of ether oxygens (including phenoxy) is 1. The Morgan fingerprint density at radius 3 is 2.71 bits per heavy atom. The summed E-state index contributed by atoms with van der Waals surface area (Å²) in [5, 5.41) is 10.8. The van der Waals surface area contributed by atoms with Gasteiger partial charge in [0.25, 0.3) is 0 Å². The minimum absolute atomic E-state index is 0.0717. The number of carbonyl (C=O) groups excluding carboxylic acids is 1. The lowest BCUT2D eigenvalue weighted by atomic mass is 10.0. The third-order valence-corrected chi connectivity index (χ3v) is 2.45. The summed E-state index contributed by atoms with van der Waals surface area (Å²) < 4.78 is 4.87. The van der Waals surface area contributed by atoms with Crippen molar-refractivity contribution in [2.45, 2.75) is 26.2 Å². The summed E-state index contributed by atoms with van der Waals surface area (Å²) in [6, 6.07) is 4.29. The van der Waals surface area contributed by atoms with E-state index in [9.17, 15) is 14.9 Å². The molecule has 1 aromatic carbocycles. The number of hydrogen-bond acceptors (Lipinski definition) is 4. The van der Waals surface area contributed by atoms with Gasteiger partial charge in [0.2, 0.25) is 0 Å². The summed E-state index contributed by atoms with van der Waals surface area (Å²) in [5.74, 6) is 0.0969. The van der Waals surface area contributed by atoms with Crippen LogP contribution in [0.2, 0.25) is 0 Å². The van der Waals surface area contributed by atoms with Gasteiger partial charge in [0, 0.05) is 18.1 Å². The number of unbranched alkanes of at least 4 members (excludes halogenated alkanes) is 1. The molecule has 0 saturated carbocycles. The molecular weight excluding hydrogens is 222 g/mol. The van der Waals surface area contributed by atoms with Gasteiger partial charge in [-0.15, -0.1) is 0 Å². The molecule has 0 unspecified atom stereocenters. The molecule has 1 aromatic rings. The molecule has 0 aromatic heterocycles. The maximum Gasteiger partial charge on any atom is 0.311 e. The van der Waals surface area contributed by atoms with Crippen LogP contribution in [-0.4, -0.2) is 17.8 Å². The molecule has 0 spiro atoms. The second-order valence-corrected chi connectivity index (χ2v) is 3.67. The Balaban J connectivity index is 2.99. The average molecular weight is 237 g/mol. The second kappa shape index (κ2) is 5.98. The molecule has 0 aliphatic rings. The van der Waals surface area contributed by atoms with Crippen LogP contribution < -0.4 is 4.74 Å². The van der Waals surface area contributed by atoms with Crippen LogP contribution in [-0.2, 0) is 0 Å². The molecule has 1 rings (SSSR count). The van der Waals surface area contributed by atoms with Gasteiger partial charge in [0.1, 0.15) is 0 Å². The van der Waals surface area contributed by atoms with Crippen LogP contribution in [0.3, 0.4) is 0 Å². The van der Waals surface area contributed by atoms with Crippen LogP contribution in [0, 0.1) is 10.1 Å². The van der Waals surface area contributed by atoms with Crippen LogP contribution in [0.15, 0.2) is 18.2 Å². The molecule has 0 aliphatic carbocycles. The fraction of sp³-hybridized carbons (Fsp3) is 0.417. The second-order valence-electron chi connectivity index (χ2n) is 3.67. The molecule has 0 bridgehead atoms. The van der Waals surface area contributed by atoms with E-state index in [0.29, 0.717) is 12.0 Å². The summed E-state index contributed by atoms with van der Waals surface area (Å²) >= 11 is 0. The van der Waals surface area contributed by atoms with Crippen molar-refractivity contribution >= 4 is 11.5 Å². The van der Waals surface area contributed by atoms with E-state index in [-0.39, 0.29) is 17.2 Å². The largest absolute Gasteiger partial charge is 0.490 e. The van der Waals surface area contributed by atoms with E-state index in [1.54, 1.807) is 6.07 Å². The Morgan fingerprint density at radius 2 is 2.18 bits per heavy atom. The molecule has 0 aliphatic heterocycles. The fourth-order valence-electron chi connectivity index (χ4n) is 1.49. The third-order valence-electron chi connectivity index (χ3n) is 2.45. The Labute approximate surface area is 99.5 Å². The van der Waals surface area contributed by atoms with E-state index in [1.165, 1.54) is 19.2 Å². The Kier molecular flexibility index (Phi) is 4.63. The van der Waals surface area contributed by atoms with E-state index in [4.69, 9.17) is 4.74 Å². The van der Waals surface area contributed by atoms with Crippen molar-refractivity contribution in [1.29, 1.82) is 0 Å². The van der Waals surface area contributed by atoms with Crippen molar-refractivity contribution in [2.24, 2.45) is 0 Å². The molecule has 0 saturated heterocycles. The molecule has 5 heteroatoms. The lowest BCUT2D eigenvalue weighted by molar-refractivity contribution is -0.385. The van der Waals surface area contributed by atoms with E-state index in [0.717, 1.165) is 12.8 Å². The summed E-state index contributed by atoms with van der Waals surface area (Å²) in [4.78, 5) is 22.0. The first kappa shape index (κ1) is 13.2. The number of nitrogens with zero attached hydrogens (tertiary/aromatic N) is 1. The number of ketones is 1. The van der Waals surface area contributed by atoms with Gasteiger partial charge in [-0.2, -0.15) is 0 Å². The van der Waals surface area contributed by atoms with Gasteiger partial charge >= 0.3 is 5.69 Å². The summed E-state index contributed by atoms with van der Waals surface area (Å²) in [6.07, 6.45) is 2.13. The Morgan fingerprint density at radius 1 is 1.47 bits per heavy atom. The van der Waals surface area contributed by atoms with E-state index < -0.39 is 4.92 Å². The van der Waals surface area contributed by atoms with Gasteiger partial charge in [0.15, 0.2) is 11.5 Å². The zero-order valence-electron chi connectivity index (χ0n) is 9.93. The highest BCUT2D eigenvalue weighted by Crippen LogP contribution is 2.28. The van der Waals surface area contributed by atoms with Gasteiger partial charge in [0.05, 0.1) is 12.0 Å². The van der Waals surface area contributed by atoms with Crippen molar-refractivity contribution in [3.8, 4) is 5.75 Å². The van der Waals surface area contributed by atoms with Crippen LogP contribution in [0.4, 0.5) is 5.69 Å². The first-order valence-corrected chi connectivity index (χ1v) is 5.45. The predicted octanol–water partition coefficient (Wildman–Crippen LogP) is 2.98. The molecular formula is C12H15NO4. The standard InChI is InChI=1S/C12H15NO4/c1-3-4-5-11(14)9-6-7-12(17-2)10(8-9)13(15)16/h6-8H,3-5H2,1-2H3. The SMILES string of the molecule is CCCCC(=O)c1ccc(OC)c([N+](=O)[O-])c1. The number of nitro benzene ring substituents is 1. The van der Waals surface area contributed by atoms with Crippen molar-refractivity contribution in [2.75, 3.05) is 7.11 Å². The highest BCUT2D eigenvalue weighted by atomic mass is 16.6. The lowest BCUT2D eigenvalue weighted by Crippen LogP contribution is -2.01. The highest BCUT2D eigenvalue weighted by molar-refractivity contribution is 5.96. The molecule has 0 heterocycles. The molecule has 92 valence electrons. The summed E-state index contributed by atoms with van der Waals surface area (Å²) in [5.41, 5.74) is 0.195. The minimum atomic E-state index is -0.546. The molecule has 0 N–H and O–H groups in total.